The van der Waals surface area contributed by atoms with E-state index < -0.39 is 183 Å². The number of aromatic amines is 1. The number of unbranched alkanes of at least 4 members (excludes halogenated alkanes) is 2. The van der Waals surface area contributed by atoms with Crippen molar-refractivity contribution >= 4 is 87.7 Å². The molecule has 45 heteroatoms. The van der Waals surface area contributed by atoms with Crippen molar-refractivity contribution in [2.75, 3.05) is 51.7 Å². The lowest BCUT2D eigenvalue weighted by atomic mass is 9.96. The summed E-state index contributed by atoms with van der Waals surface area (Å²) in [5, 5.41) is 108. The van der Waals surface area contributed by atoms with Gasteiger partial charge in [-0.15, -0.1) is 22.7 Å². The van der Waals surface area contributed by atoms with Crippen molar-refractivity contribution in [2.24, 2.45) is 56.0 Å². The van der Waals surface area contributed by atoms with Gasteiger partial charge < -0.3 is 147 Å². The molecular weight excluding hydrogens is 1430 g/mol. The van der Waals surface area contributed by atoms with E-state index in [9.17, 15) is 74.4 Å². The summed E-state index contributed by atoms with van der Waals surface area (Å²) in [6.07, 6.45) is -22.3. The van der Waals surface area contributed by atoms with Crippen molar-refractivity contribution in [3.63, 3.8) is 0 Å². The lowest BCUT2D eigenvalue weighted by Crippen LogP contribution is -2.65. The summed E-state index contributed by atoms with van der Waals surface area (Å²) in [6.45, 7) is 4.13. The number of imidazole rings is 1. The molecule has 0 aliphatic carbocycles. The molecule has 43 nitrogen and oxygen atoms in total. The summed E-state index contributed by atoms with van der Waals surface area (Å²) in [7, 11) is 0. The van der Waals surface area contributed by atoms with Gasteiger partial charge in [0, 0.05) is 68.3 Å². The first-order valence-electron chi connectivity index (χ1n) is 33.0. The van der Waals surface area contributed by atoms with Crippen LogP contribution in [0.15, 0.2) is 33.3 Å². The van der Waals surface area contributed by atoms with Crippen molar-refractivity contribution in [1.29, 1.82) is 0 Å². The molecule has 0 radical (unpaired) electrons. The lowest BCUT2D eigenvalue weighted by molar-refractivity contribution is -0.372. The van der Waals surface area contributed by atoms with Gasteiger partial charge in [0.25, 0.3) is 5.91 Å². The van der Waals surface area contributed by atoms with E-state index in [1.807, 2.05) is 0 Å². The standard InChI is InChI=1S/C60H94N22O21S2/c1-23-37(79-50(82-48(23)63)28(15-35(62)87)74-16-27(61)49(64)93)53(96)81-39(45(29-17-69-22-75-29)101-57-47(43(91)41(89)33(18-83)100-57)102-56-44(92)46(103-60(68)98)42(90)34(19-84)99-56)54(97)76-25(3)40(88)24(2)51(94)80-38(26(4)85)52(95)70-14-10-36-77-31(21-104-36)55-78-30(20-105-55)32(86)9-5-6-12-72-59(67)73-13-8-7-11-71-58(65)66/h17,20-22,24-28,33-34,38-47,56-57,74,83-85,88-92H,5-16,18-19,61H2,1-4H3,(H2,62,87)(H2,64,93)(H2,68,98)(H,69,75)(H,70,95)(H,76,97)(H,80,94)(H,81,96)(H2,63,79,82)(H4,65,66,71)(H3,67,72,73)/t24?,25?,26?,27?,28?,33-,34-,38?,39?,40?,41+,42-,43?,44?,45?,46+,47-,56?,57-/m1/s1. The van der Waals surface area contributed by atoms with Gasteiger partial charge in [0.05, 0.1) is 72.7 Å². The quantitative estimate of drug-likeness (QED) is 0.00849. The number of anilines is 1. The summed E-state index contributed by atoms with van der Waals surface area (Å²) in [5.41, 5.74) is 44.7. The normalized spacial score (nSPS) is 23.0. The van der Waals surface area contributed by atoms with Crippen LogP contribution in [-0.2, 0) is 54.1 Å². The summed E-state index contributed by atoms with van der Waals surface area (Å²) < 4.78 is 28.8. The van der Waals surface area contributed by atoms with E-state index in [1.165, 1.54) is 50.4 Å². The number of hydrogen-bond donors (Lipinski definition) is 23. The predicted molar refractivity (Wildman–Crippen MR) is 370 cm³/mol. The Balaban J connectivity index is 1.18. The Bertz CT molecular complexity index is 3610. The fourth-order valence-electron chi connectivity index (χ4n) is 10.6. The molecule has 0 saturated carbocycles. The molecule has 2 saturated heterocycles. The second-order valence-electron chi connectivity index (χ2n) is 24.6. The number of amides is 7. The number of ketones is 1. The maximum absolute atomic E-state index is 15.2. The number of ether oxygens (including phenoxy) is 5. The zero-order valence-corrected chi connectivity index (χ0v) is 59.3. The second kappa shape index (κ2) is 40.5. The average molecular weight is 1520 g/mol. The van der Waals surface area contributed by atoms with Crippen LogP contribution >= 0.6 is 22.7 Å². The maximum atomic E-state index is 15.2. The minimum atomic E-state index is -2.21. The summed E-state index contributed by atoms with van der Waals surface area (Å²) >= 11 is 2.50. The molecule has 6 rings (SSSR count). The van der Waals surface area contributed by atoms with E-state index >= 15 is 4.79 Å². The van der Waals surface area contributed by atoms with Crippen molar-refractivity contribution < 1.29 is 103 Å². The van der Waals surface area contributed by atoms with Crippen molar-refractivity contribution in [3.05, 3.63) is 56.8 Å². The first-order chi connectivity index (χ1) is 49.7. The van der Waals surface area contributed by atoms with Crippen molar-refractivity contribution in [1.82, 2.24) is 61.8 Å². The highest BCUT2D eigenvalue weighted by Crippen LogP contribution is 2.35. The number of aromatic nitrogens is 6. The largest absolute Gasteiger partial charge is 0.441 e. The number of carbonyl (C=O) groups excluding carboxylic acids is 8. The molecule has 19 atom stereocenters. The summed E-state index contributed by atoms with van der Waals surface area (Å²) in [6, 6.07) is -7.91. The number of nitrogen functional groups attached to an aromatic ring is 1. The molecule has 2 aliphatic rings. The highest BCUT2D eigenvalue weighted by atomic mass is 32.1. The molecule has 0 aromatic carbocycles. The van der Waals surface area contributed by atoms with Gasteiger partial charge in [-0.2, -0.15) is 0 Å². The third kappa shape index (κ3) is 24.3. The highest BCUT2D eigenvalue weighted by Gasteiger charge is 2.54. The topological polar surface area (TPSA) is 730 Å². The number of Topliss-reactive ketones (excluding diaryl/α,β-unsaturated/α-hetero) is 1. The molecule has 4 aromatic rings. The zero-order valence-electron chi connectivity index (χ0n) is 57.6. The molecule has 0 bridgehead atoms. The van der Waals surface area contributed by atoms with Gasteiger partial charge in [0.15, 0.2) is 36.4 Å². The molecule has 105 heavy (non-hydrogen) atoms. The number of nitrogens with zero attached hydrogens (tertiary/aromatic N) is 7. The molecule has 6 heterocycles. The van der Waals surface area contributed by atoms with Gasteiger partial charge in [-0.1, -0.05) is 6.92 Å². The van der Waals surface area contributed by atoms with E-state index in [-0.39, 0.29) is 66.3 Å². The monoisotopic (exact) mass is 1520 g/mol. The van der Waals surface area contributed by atoms with E-state index in [0.29, 0.717) is 54.1 Å². The Labute approximate surface area is 607 Å². The van der Waals surface area contributed by atoms with Crippen LogP contribution in [0.4, 0.5) is 10.6 Å². The van der Waals surface area contributed by atoms with Crippen LogP contribution in [0, 0.1) is 12.8 Å². The van der Waals surface area contributed by atoms with Gasteiger partial charge in [0.2, 0.25) is 29.5 Å². The van der Waals surface area contributed by atoms with Gasteiger partial charge in [-0.3, -0.25) is 43.5 Å². The predicted octanol–water partition coefficient (Wildman–Crippen LogP) is -8.39. The number of hydrogen-bond acceptors (Lipinski definition) is 33. The van der Waals surface area contributed by atoms with Crippen molar-refractivity contribution in [2.45, 2.75) is 183 Å². The number of primary amides is 3. The maximum Gasteiger partial charge on any atom is 0.404 e. The number of nitrogens with one attached hydrogen (secondary N) is 7. The van der Waals surface area contributed by atoms with Crippen molar-refractivity contribution in [3.8, 4) is 10.7 Å². The Morgan fingerprint density at radius 2 is 1.43 bits per heavy atom. The Morgan fingerprint density at radius 1 is 0.743 bits per heavy atom. The van der Waals surface area contributed by atoms with Gasteiger partial charge in [0.1, 0.15) is 94.6 Å². The second-order valence-corrected chi connectivity index (χ2v) is 26.4. The number of thiazole rings is 2. The minimum absolute atomic E-state index is 0.0272. The first kappa shape index (κ1) is 85.0. The molecule has 582 valence electrons. The smallest absolute Gasteiger partial charge is 0.404 e. The molecule has 4 aromatic heterocycles. The number of guanidine groups is 2. The van der Waals surface area contributed by atoms with E-state index in [2.05, 4.69) is 71.8 Å². The van der Waals surface area contributed by atoms with Crippen LogP contribution in [0.2, 0.25) is 0 Å². The van der Waals surface area contributed by atoms with E-state index in [4.69, 9.17) is 69.6 Å². The molecular formula is C60H94N22O21S2. The summed E-state index contributed by atoms with van der Waals surface area (Å²) in [4.78, 5) is 140. The highest BCUT2D eigenvalue weighted by molar-refractivity contribution is 7.14. The number of aliphatic hydroxyl groups is 8. The number of H-pyrrole nitrogens is 1. The zero-order chi connectivity index (χ0) is 77.5. The van der Waals surface area contributed by atoms with E-state index in [1.54, 1.807) is 10.8 Å². The number of carbonyl (C=O) groups is 8. The third-order valence-electron chi connectivity index (χ3n) is 16.6. The molecule has 12 unspecified atom stereocenters. The SMILES string of the molecule is Cc1c(N)nc(C(CC(N)=O)NCC(N)C(N)=O)nc1C(=O)NC(C(=O)NC(C)C(O)C(C)C(=O)NC(C(=O)NCCc1nc(-c2nc(C(=O)CCCCN=C(N)NCCCCN=C(N)N)cs2)cs1)C(C)O)C(O[C@H]1O[C@H](CO)[C@H](O)C(O)[C@H]1OC1O[C@H](CO)[C@@H](O)[C@H](OC(N)=O)C1O)c1cnc[nH]1. The van der Waals surface area contributed by atoms with Crippen LogP contribution in [0.1, 0.15) is 115 Å². The minimum Gasteiger partial charge on any atom is -0.441 e. The lowest BCUT2D eigenvalue weighted by Gasteiger charge is -2.47. The van der Waals surface area contributed by atoms with Crippen LogP contribution in [0.5, 0.6) is 0 Å². The Morgan fingerprint density at radius 3 is 2.08 bits per heavy atom. The number of aliphatic imine (C=N–C) groups is 2. The van der Waals surface area contributed by atoms with Gasteiger partial charge >= 0.3 is 6.09 Å². The number of nitrogens with two attached hydrogens (primary N) is 8. The van der Waals surface area contributed by atoms with Gasteiger partial charge in [-0.25, -0.2) is 29.7 Å². The molecule has 7 amide bonds. The fourth-order valence-corrected chi connectivity index (χ4v) is 12.3. The molecule has 2 aliphatic heterocycles. The molecule has 31 N–H and O–H groups in total. The van der Waals surface area contributed by atoms with Crippen LogP contribution in [0.3, 0.4) is 0 Å². The first-order valence-corrected chi connectivity index (χ1v) is 34.8. The molecule has 0 spiro atoms. The van der Waals surface area contributed by atoms with Crippen LogP contribution in [-0.4, -0.2) is 274 Å². The van der Waals surface area contributed by atoms with Crippen LogP contribution in [0.25, 0.3) is 10.7 Å². The number of aliphatic hydroxyl groups excluding tert-OH is 8. The number of rotatable bonds is 41. The fraction of sp³-hybridized carbons (Fsp3) is 0.617. The van der Waals surface area contributed by atoms with E-state index in [0.717, 1.165) is 25.4 Å². The van der Waals surface area contributed by atoms with Crippen LogP contribution < -0.4 is 77.8 Å². The summed E-state index contributed by atoms with van der Waals surface area (Å²) in [5.74, 6) is -8.29. The van der Waals surface area contributed by atoms with Gasteiger partial charge in [-0.05, 0) is 46.5 Å². The third-order valence-corrected chi connectivity index (χ3v) is 18.4. The average Bonchev–Trinajstić information content (AvgIpc) is 1.34. The molecule has 2 fully saturated rings. The Hall–Kier alpha value is -8.91. The Kier molecular flexibility index (Phi) is 32.8.